The Hall–Kier alpha value is -2.35. The van der Waals surface area contributed by atoms with Crippen molar-refractivity contribution in [3.05, 3.63) is 62.1 Å². The van der Waals surface area contributed by atoms with Crippen molar-refractivity contribution in [3.63, 3.8) is 0 Å². The Labute approximate surface area is 159 Å². The highest BCUT2D eigenvalue weighted by molar-refractivity contribution is 6.37. The number of aryl methyl sites for hydroxylation is 1. The fourth-order valence-electron chi connectivity index (χ4n) is 2.10. The Kier molecular flexibility index (Phi) is 6.07. The van der Waals surface area contributed by atoms with Crippen LogP contribution in [0, 0.1) is 17.0 Å². The number of halogens is 2. The Morgan fingerprint density at radius 2 is 1.92 bits per heavy atom. The summed E-state index contributed by atoms with van der Waals surface area (Å²) in [4.78, 5) is 22.6. The molecule has 2 aromatic carbocycles. The summed E-state index contributed by atoms with van der Waals surface area (Å²) in [6.07, 6.45) is 0. The van der Waals surface area contributed by atoms with E-state index in [1.807, 2.05) is 0 Å². The van der Waals surface area contributed by atoms with Crippen molar-refractivity contribution < 1.29 is 19.6 Å². The number of para-hydroxylation sites is 1. The van der Waals surface area contributed by atoms with Crippen LogP contribution in [-0.4, -0.2) is 28.1 Å². The zero-order valence-electron chi connectivity index (χ0n) is 14.0. The Morgan fingerprint density at radius 3 is 2.46 bits per heavy atom. The third kappa shape index (κ3) is 4.63. The number of rotatable bonds is 6. The molecular formula is C17H16Cl2N2O5. The number of benzene rings is 2. The number of anilines is 1. The van der Waals surface area contributed by atoms with E-state index in [1.165, 1.54) is 25.1 Å². The van der Waals surface area contributed by atoms with Crippen LogP contribution in [0.5, 0.6) is 5.75 Å². The molecule has 2 N–H and O–H groups in total. The normalized spacial score (nSPS) is 13.0. The largest absolute Gasteiger partial charge is 0.487 e. The van der Waals surface area contributed by atoms with E-state index in [-0.39, 0.29) is 21.5 Å². The number of hydrogen-bond acceptors (Lipinski definition) is 5. The second kappa shape index (κ2) is 7.90. The molecule has 0 aliphatic carbocycles. The van der Waals surface area contributed by atoms with E-state index in [0.717, 1.165) is 0 Å². The van der Waals surface area contributed by atoms with Gasteiger partial charge in [0.05, 0.1) is 15.0 Å². The van der Waals surface area contributed by atoms with Gasteiger partial charge in [0.15, 0.2) is 11.4 Å². The standard InChI is InChI=1S/C17H16Cl2N2O5/c1-10-8-11(6-7-14(10)21(24)25)20-16(22)17(2,23)9-26-15-12(18)4-3-5-13(15)19/h3-8,23H,9H2,1-2H3,(H,20,22). The molecule has 0 saturated carbocycles. The lowest BCUT2D eigenvalue weighted by Gasteiger charge is -2.23. The van der Waals surface area contributed by atoms with Crippen molar-refractivity contribution in [1.29, 1.82) is 0 Å². The number of hydrogen-bond donors (Lipinski definition) is 2. The number of carbonyl (C=O) groups is 1. The number of nitro benzene ring substituents is 1. The molecule has 138 valence electrons. The van der Waals surface area contributed by atoms with E-state index in [2.05, 4.69) is 5.32 Å². The lowest BCUT2D eigenvalue weighted by molar-refractivity contribution is -0.385. The zero-order chi connectivity index (χ0) is 19.5. The second-order valence-electron chi connectivity index (χ2n) is 5.83. The molecule has 0 bridgehead atoms. The third-order valence-electron chi connectivity index (χ3n) is 3.56. The van der Waals surface area contributed by atoms with Crippen LogP contribution in [0.25, 0.3) is 0 Å². The summed E-state index contributed by atoms with van der Waals surface area (Å²) in [6, 6.07) is 8.87. The van der Waals surface area contributed by atoms with Crippen molar-refractivity contribution in [1.82, 2.24) is 0 Å². The van der Waals surface area contributed by atoms with Gasteiger partial charge in [0, 0.05) is 17.3 Å². The van der Waals surface area contributed by atoms with E-state index >= 15 is 0 Å². The van der Waals surface area contributed by atoms with Crippen LogP contribution in [0.2, 0.25) is 10.0 Å². The number of carbonyl (C=O) groups excluding carboxylic acids is 1. The van der Waals surface area contributed by atoms with Crippen molar-refractivity contribution in [2.24, 2.45) is 0 Å². The fraction of sp³-hybridized carbons (Fsp3) is 0.235. The molecule has 1 atom stereocenters. The highest BCUT2D eigenvalue weighted by Crippen LogP contribution is 2.33. The van der Waals surface area contributed by atoms with Gasteiger partial charge in [-0.2, -0.15) is 0 Å². The summed E-state index contributed by atoms with van der Waals surface area (Å²) in [6.45, 7) is 2.42. The van der Waals surface area contributed by atoms with Gasteiger partial charge in [-0.15, -0.1) is 0 Å². The number of nitrogens with one attached hydrogen (secondary N) is 1. The lowest BCUT2D eigenvalue weighted by Crippen LogP contribution is -2.45. The highest BCUT2D eigenvalue weighted by atomic mass is 35.5. The van der Waals surface area contributed by atoms with Gasteiger partial charge in [-0.05, 0) is 38.1 Å². The first-order valence-electron chi connectivity index (χ1n) is 7.47. The minimum Gasteiger partial charge on any atom is -0.487 e. The molecule has 1 amide bonds. The van der Waals surface area contributed by atoms with Gasteiger partial charge >= 0.3 is 0 Å². The maximum absolute atomic E-state index is 12.3. The zero-order valence-corrected chi connectivity index (χ0v) is 15.5. The molecule has 2 aromatic rings. The molecular weight excluding hydrogens is 383 g/mol. The molecule has 0 aromatic heterocycles. The molecule has 2 rings (SSSR count). The number of ether oxygens (including phenoxy) is 1. The van der Waals surface area contributed by atoms with Crippen LogP contribution in [-0.2, 0) is 4.79 Å². The maximum atomic E-state index is 12.3. The minimum atomic E-state index is -1.89. The molecule has 0 saturated heterocycles. The van der Waals surface area contributed by atoms with E-state index in [1.54, 1.807) is 25.1 Å². The van der Waals surface area contributed by atoms with Crippen LogP contribution < -0.4 is 10.1 Å². The van der Waals surface area contributed by atoms with Crippen LogP contribution in [0.4, 0.5) is 11.4 Å². The summed E-state index contributed by atoms with van der Waals surface area (Å²) in [5.41, 5.74) is -1.26. The first-order chi connectivity index (χ1) is 12.1. The topological polar surface area (TPSA) is 102 Å². The Bertz CT molecular complexity index is 835. The summed E-state index contributed by atoms with van der Waals surface area (Å²) >= 11 is 12.0. The second-order valence-corrected chi connectivity index (χ2v) is 6.64. The Balaban J connectivity index is 2.08. The van der Waals surface area contributed by atoms with Crippen molar-refractivity contribution >= 4 is 40.5 Å². The average molecular weight is 399 g/mol. The molecule has 7 nitrogen and oxygen atoms in total. The van der Waals surface area contributed by atoms with E-state index in [4.69, 9.17) is 27.9 Å². The number of nitro groups is 1. The first-order valence-corrected chi connectivity index (χ1v) is 8.23. The maximum Gasteiger partial charge on any atom is 0.272 e. The van der Waals surface area contributed by atoms with Crippen LogP contribution in [0.1, 0.15) is 12.5 Å². The number of aliphatic hydroxyl groups is 1. The molecule has 9 heteroatoms. The van der Waals surface area contributed by atoms with Crippen LogP contribution >= 0.6 is 23.2 Å². The highest BCUT2D eigenvalue weighted by Gasteiger charge is 2.32. The fourth-order valence-corrected chi connectivity index (χ4v) is 2.61. The van der Waals surface area contributed by atoms with E-state index < -0.39 is 23.0 Å². The van der Waals surface area contributed by atoms with Gasteiger partial charge in [0.25, 0.3) is 11.6 Å². The van der Waals surface area contributed by atoms with Gasteiger partial charge < -0.3 is 15.2 Å². The predicted molar refractivity (Wildman–Crippen MR) is 99.0 cm³/mol. The smallest absolute Gasteiger partial charge is 0.272 e. The molecule has 0 aliphatic heterocycles. The van der Waals surface area contributed by atoms with Gasteiger partial charge in [0.2, 0.25) is 0 Å². The van der Waals surface area contributed by atoms with Gasteiger partial charge in [-0.1, -0.05) is 29.3 Å². The molecule has 0 spiro atoms. The summed E-state index contributed by atoms with van der Waals surface area (Å²) in [5.74, 6) is -0.580. The van der Waals surface area contributed by atoms with Gasteiger partial charge in [-0.3, -0.25) is 14.9 Å². The lowest BCUT2D eigenvalue weighted by atomic mass is 10.1. The third-order valence-corrected chi connectivity index (χ3v) is 4.15. The number of amides is 1. The monoisotopic (exact) mass is 398 g/mol. The first kappa shape index (κ1) is 20.0. The minimum absolute atomic E-state index is 0.0635. The molecule has 0 fully saturated rings. The molecule has 0 aliphatic rings. The summed E-state index contributed by atoms with van der Waals surface area (Å²) in [7, 11) is 0. The molecule has 0 heterocycles. The predicted octanol–water partition coefficient (Wildman–Crippen LogP) is 3.98. The van der Waals surface area contributed by atoms with Gasteiger partial charge in [0.1, 0.15) is 6.61 Å². The van der Waals surface area contributed by atoms with E-state index in [0.29, 0.717) is 11.3 Å². The van der Waals surface area contributed by atoms with Crippen molar-refractivity contribution in [3.8, 4) is 5.75 Å². The van der Waals surface area contributed by atoms with Gasteiger partial charge in [-0.25, -0.2) is 0 Å². The molecule has 1 unspecified atom stereocenters. The summed E-state index contributed by atoms with van der Waals surface area (Å²) < 4.78 is 5.40. The molecule has 0 radical (unpaired) electrons. The van der Waals surface area contributed by atoms with Crippen LogP contribution in [0.15, 0.2) is 36.4 Å². The van der Waals surface area contributed by atoms with E-state index in [9.17, 15) is 20.0 Å². The van der Waals surface area contributed by atoms with Crippen molar-refractivity contribution in [2.45, 2.75) is 19.4 Å². The number of nitrogens with zero attached hydrogens (tertiary/aromatic N) is 1. The molecule has 26 heavy (non-hydrogen) atoms. The summed E-state index contributed by atoms with van der Waals surface area (Å²) in [5, 5.41) is 24.2. The quantitative estimate of drug-likeness (QED) is 0.565. The average Bonchev–Trinajstić information content (AvgIpc) is 2.54. The Morgan fingerprint density at radius 1 is 1.31 bits per heavy atom. The van der Waals surface area contributed by atoms with Crippen molar-refractivity contribution in [2.75, 3.05) is 11.9 Å². The SMILES string of the molecule is Cc1cc(NC(=O)C(C)(O)COc2c(Cl)cccc2Cl)ccc1[N+](=O)[O-]. The van der Waals surface area contributed by atoms with Crippen LogP contribution in [0.3, 0.4) is 0 Å².